The average molecular weight is 262 g/mol. The van der Waals surface area contributed by atoms with Crippen LogP contribution < -0.4 is 18.6 Å². The van der Waals surface area contributed by atoms with Gasteiger partial charge >= 0.3 is 0 Å². The van der Waals surface area contributed by atoms with E-state index < -0.39 is 10.2 Å². The first-order valence-electron chi connectivity index (χ1n) is 4.98. The highest BCUT2D eigenvalue weighted by Gasteiger charge is 2.04. The highest BCUT2D eigenvalue weighted by atomic mass is 35.7. The first-order chi connectivity index (χ1) is 7.75. The maximum atomic E-state index is 8.49. The third-order valence-electron chi connectivity index (χ3n) is 2.23. The molecule has 0 aliphatic rings. The maximum Gasteiger partial charge on any atom is 0.204 e. The molecule has 0 bridgehead atoms. The first kappa shape index (κ1) is 16.0. The number of hydrogen-bond donors (Lipinski definition) is 0. The summed E-state index contributed by atoms with van der Waals surface area (Å²) in [5, 5.41) is 0. The van der Waals surface area contributed by atoms with Gasteiger partial charge in [-0.3, -0.25) is 0 Å². The molecule has 1 aromatic rings. The van der Waals surface area contributed by atoms with Crippen molar-refractivity contribution in [3.8, 4) is 0 Å². The van der Waals surface area contributed by atoms with Crippen LogP contribution in [-0.4, -0.2) is 17.3 Å². The molecule has 0 saturated heterocycles. The van der Waals surface area contributed by atoms with Crippen molar-refractivity contribution in [3.05, 3.63) is 30.3 Å². The normalized spacial score (nSPS) is 12.4. The topological polar surface area (TPSA) is 95.2 Å². The van der Waals surface area contributed by atoms with Crippen molar-refractivity contribution in [2.75, 3.05) is 7.05 Å². The summed E-state index contributed by atoms with van der Waals surface area (Å²) in [5.41, 5.74) is 2.65. The molecule has 1 rings (SSSR count). The van der Waals surface area contributed by atoms with Crippen LogP contribution in [0.5, 0.6) is 0 Å². The number of nitrogens with zero attached hydrogens (tertiary/aromatic N) is 1. The van der Waals surface area contributed by atoms with Gasteiger partial charge in [0.15, 0.2) is 5.71 Å². The van der Waals surface area contributed by atoms with Crippen molar-refractivity contribution in [3.63, 3.8) is 0 Å². The molecule has 0 spiro atoms. The molecule has 0 heterocycles. The summed E-state index contributed by atoms with van der Waals surface area (Å²) in [5.74, 6) is 0. The Hall–Kier alpha value is -0.980. The quantitative estimate of drug-likeness (QED) is 0.458. The molecular weight excluding hydrogens is 246 g/mol. The van der Waals surface area contributed by atoms with Gasteiger partial charge in [0.1, 0.15) is 7.05 Å². The molecule has 0 amide bonds. The van der Waals surface area contributed by atoms with Gasteiger partial charge in [-0.1, -0.05) is 25.1 Å². The summed E-state index contributed by atoms with van der Waals surface area (Å²) in [7, 11) is -2.84. The molecule has 0 atom stereocenters. The molecule has 0 aliphatic carbocycles. The van der Waals surface area contributed by atoms with E-state index in [1.54, 1.807) is 0 Å². The molecule has 0 aliphatic heterocycles. The lowest BCUT2D eigenvalue weighted by molar-refractivity contribution is -2.00. The van der Waals surface area contributed by atoms with E-state index in [1.807, 2.05) is 6.07 Å². The van der Waals surface area contributed by atoms with Crippen molar-refractivity contribution in [2.45, 2.75) is 20.3 Å². The van der Waals surface area contributed by atoms with E-state index in [1.165, 1.54) is 11.4 Å². The molecule has 1 aromatic carbocycles. The van der Waals surface area contributed by atoms with E-state index in [-0.39, 0.29) is 0 Å². The molecule has 6 heteroatoms. The standard InChI is InChI=1S/C11H16N.ClHO4/c1-4-10(2)12(3)11-8-6-5-7-9-11;2-1(3,4)5/h5-9H,4H2,1-3H3;(H,2,3,4,5)/q+1;/p-1. The lowest BCUT2D eigenvalue weighted by atomic mass is 10.2. The zero-order chi connectivity index (χ0) is 13.5. The molecule has 0 fully saturated rings. The third-order valence-corrected chi connectivity index (χ3v) is 2.23. The lowest BCUT2D eigenvalue weighted by Crippen LogP contribution is -2.68. The minimum Gasteiger partial charge on any atom is -0.222 e. The van der Waals surface area contributed by atoms with Gasteiger partial charge in [0, 0.05) is 25.5 Å². The highest BCUT2D eigenvalue weighted by molar-refractivity contribution is 5.77. The van der Waals surface area contributed by atoms with E-state index >= 15 is 0 Å². The predicted octanol–water partition coefficient (Wildman–Crippen LogP) is -1.92. The Morgan fingerprint density at radius 2 is 1.53 bits per heavy atom. The SMILES string of the molecule is CCC(C)=[N+](C)c1ccccc1.[O-][Cl+3]([O-])([O-])[O-]. The van der Waals surface area contributed by atoms with Gasteiger partial charge in [0.2, 0.25) is 5.69 Å². The first-order valence-corrected chi connectivity index (χ1v) is 6.22. The van der Waals surface area contributed by atoms with Crippen LogP contribution in [0.1, 0.15) is 20.3 Å². The van der Waals surface area contributed by atoms with Crippen LogP contribution in [0.25, 0.3) is 0 Å². The van der Waals surface area contributed by atoms with Gasteiger partial charge in [-0.15, -0.1) is 10.2 Å². The van der Waals surface area contributed by atoms with Gasteiger partial charge in [-0.25, -0.2) is 23.2 Å². The molecular formula is C11H16ClNO4. The zero-order valence-electron chi connectivity index (χ0n) is 10.1. The Kier molecular flexibility index (Phi) is 6.94. The molecule has 17 heavy (non-hydrogen) atoms. The fourth-order valence-electron chi connectivity index (χ4n) is 1.11. The fraction of sp³-hybridized carbons (Fsp3) is 0.364. The number of hydrogen-bond acceptors (Lipinski definition) is 4. The van der Waals surface area contributed by atoms with Crippen molar-refractivity contribution in [1.82, 2.24) is 0 Å². The van der Waals surface area contributed by atoms with Crippen LogP contribution in [0.2, 0.25) is 0 Å². The Morgan fingerprint density at radius 1 is 1.12 bits per heavy atom. The molecule has 0 aromatic heterocycles. The molecule has 96 valence electrons. The summed E-state index contributed by atoms with van der Waals surface area (Å²) < 4.78 is 36.2. The number of rotatable bonds is 2. The van der Waals surface area contributed by atoms with Crippen LogP contribution in [0, 0.1) is 10.2 Å². The lowest BCUT2D eigenvalue weighted by Gasteiger charge is -2.17. The Labute approximate surface area is 103 Å². The third kappa shape index (κ3) is 8.79. The van der Waals surface area contributed by atoms with Crippen LogP contribution in [0.4, 0.5) is 5.69 Å². The van der Waals surface area contributed by atoms with E-state index in [9.17, 15) is 0 Å². The zero-order valence-corrected chi connectivity index (χ0v) is 10.8. The van der Waals surface area contributed by atoms with Crippen LogP contribution >= 0.6 is 0 Å². The minimum absolute atomic E-state index is 1.10. The monoisotopic (exact) mass is 261 g/mol. The van der Waals surface area contributed by atoms with Crippen molar-refractivity contribution in [1.29, 1.82) is 0 Å². The number of para-hydroxylation sites is 1. The number of benzene rings is 1. The predicted molar refractivity (Wildman–Crippen MR) is 53.3 cm³/mol. The van der Waals surface area contributed by atoms with Crippen LogP contribution in [0.15, 0.2) is 30.3 Å². The average Bonchev–Trinajstić information content (AvgIpc) is 2.26. The molecule has 0 saturated carbocycles. The molecule has 0 radical (unpaired) electrons. The van der Waals surface area contributed by atoms with E-state index in [0.717, 1.165) is 6.42 Å². The largest absolute Gasteiger partial charge is 0.222 e. The smallest absolute Gasteiger partial charge is 0.204 e. The van der Waals surface area contributed by atoms with Crippen molar-refractivity contribution in [2.24, 2.45) is 0 Å². The van der Waals surface area contributed by atoms with Gasteiger partial charge in [-0.2, -0.15) is 0 Å². The summed E-state index contributed by atoms with van der Waals surface area (Å²) in [4.78, 5) is 0. The van der Waals surface area contributed by atoms with Gasteiger partial charge in [-0.05, 0) is 0 Å². The maximum absolute atomic E-state index is 8.49. The second-order valence-electron chi connectivity index (χ2n) is 3.36. The van der Waals surface area contributed by atoms with E-state index in [0.29, 0.717) is 0 Å². The summed E-state index contributed by atoms with van der Waals surface area (Å²) in [6.45, 7) is 4.34. The second-order valence-corrected chi connectivity index (χ2v) is 4.12. The van der Waals surface area contributed by atoms with Crippen LogP contribution in [0.3, 0.4) is 0 Å². The van der Waals surface area contributed by atoms with Crippen LogP contribution in [-0.2, 0) is 0 Å². The van der Waals surface area contributed by atoms with Gasteiger partial charge in [0.05, 0.1) is 0 Å². The van der Waals surface area contributed by atoms with Gasteiger partial charge < -0.3 is 0 Å². The summed E-state index contributed by atoms with van der Waals surface area (Å²) in [6.07, 6.45) is 1.10. The van der Waals surface area contributed by atoms with E-state index in [4.69, 9.17) is 18.6 Å². The molecule has 0 unspecified atom stereocenters. The Bertz CT molecular complexity index is 353. The Morgan fingerprint density at radius 3 is 1.88 bits per heavy atom. The summed E-state index contributed by atoms with van der Waals surface area (Å²) >= 11 is 0. The van der Waals surface area contributed by atoms with Crippen molar-refractivity contribution >= 4 is 11.4 Å². The Balaban J connectivity index is 0.000000437. The number of halogens is 1. The van der Waals surface area contributed by atoms with Gasteiger partial charge in [0.25, 0.3) is 0 Å². The van der Waals surface area contributed by atoms with E-state index in [2.05, 4.69) is 49.7 Å². The van der Waals surface area contributed by atoms with Crippen molar-refractivity contribution < 1.29 is 33.5 Å². The highest BCUT2D eigenvalue weighted by Crippen LogP contribution is 2.09. The summed E-state index contributed by atoms with van der Waals surface area (Å²) in [6, 6.07) is 10.4. The fourth-order valence-corrected chi connectivity index (χ4v) is 1.11. The minimum atomic E-state index is -4.94. The molecule has 5 nitrogen and oxygen atoms in total. The second kappa shape index (κ2) is 7.37. The molecule has 0 N–H and O–H groups in total.